The van der Waals surface area contributed by atoms with Crippen molar-refractivity contribution < 1.29 is 14.6 Å². The fraction of sp³-hybridized carbons (Fsp3) is 0.500. The molecule has 0 spiro atoms. The molecule has 0 amide bonds. The first kappa shape index (κ1) is 11.4. The molecule has 1 aliphatic rings. The van der Waals surface area contributed by atoms with Crippen LogP contribution in [0.1, 0.15) is 11.9 Å². The molecular weight excluding hydrogens is 206 g/mol. The number of benzene rings is 1. The predicted molar refractivity (Wildman–Crippen MR) is 61.4 cm³/mol. The molecule has 1 aromatic carbocycles. The van der Waals surface area contributed by atoms with Crippen molar-refractivity contribution in [2.24, 2.45) is 0 Å². The molecule has 0 aliphatic carbocycles. The monoisotopic (exact) mass is 223 g/mol. The van der Waals surface area contributed by atoms with Gasteiger partial charge < -0.3 is 19.5 Å². The number of hydrogen-bond acceptors (Lipinski definition) is 4. The van der Waals surface area contributed by atoms with E-state index in [1.54, 1.807) is 0 Å². The largest absolute Gasteiger partial charge is 0.395 e. The average Bonchev–Trinajstić information content (AvgIpc) is 2.83. The van der Waals surface area contributed by atoms with Crippen molar-refractivity contribution in [3.63, 3.8) is 0 Å². The van der Waals surface area contributed by atoms with E-state index in [1.165, 1.54) is 0 Å². The molecule has 1 aromatic rings. The Kier molecular flexibility index (Phi) is 3.77. The Morgan fingerprint density at radius 1 is 1.25 bits per heavy atom. The summed E-state index contributed by atoms with van der Waals surface area (Å²) >= 11 is 0. The summed E-state index contributed by atoms with van der Waals surface area (Å²) in [4.78, 5) is 2.00. The molecular formula is C12H17NO3. The van der Waals surface area contributed by atoms with Crippen LogP contribution in [-0.2, 0) is 9.47 Å². The standard InChI is InChI=1S/C12H17NO3/c1-13(6-7-14)11-4-2-10(3-5-11)12-15-8-9-16-12/h2-5,12,14H,6-9H2,1H3. The third kappa shape index (κ3) is 2.52. The minimum absolute atomic E-state index is 0.160. The van der Waals surface area contributed by atoms with Crippen molar-refractivity contribution in [3.8, 4) is 0 Å². The van der Waals surface area contributed by atoms with Gasteiger partial charge >= 0.3 is 0 Å². The first-order valence-electron chi connectivity index (χ1n) is 5.46. The maximum atomic E-state index is 8.84. The van der Waals surface area contributed by atoms with Gasteiger partial charge in [0, 0.05) is 24.8 Å². The smallest absolute Gasteiger partial charge is 0.184 e. The molecule has 1 saturated heterocycles. The number of ether oxygens (including phenoxy) is 2. The maximum absolute atomic E-state index is 8.84. The Morgan fingerprint density at radius 2 is 1.88 bits per heavy atom. The van der Waals surface area contributed by atoms with Crippen molar-refractivity contribution in [1.82, 2.24) is 0 Å². The minimum atomic E-state index is -0.211. The Labute approximate surface area is 95.4 Å². The van der Waals surface area contributed by atoms with Crippen LogP contribution in [0.5, 0.6) is 0 Å². The summed E-state index contributed by atoms with van der Waals surface area (Å²) in [6.07, 6.45) is -0.211. The van der Waals surface area contributed by atoms with Gasteiger partial charge in [-0.25, -0.2) is 0 Å². The zero-order chi connectivity index (χ0) is 11.4. The van der Waals surface area contributed by atoms with Crippen LogP contribution >= 0.6 is 0 Å². The number of likely N-dealkylation sites (N-methyl/N-ethyl adjacent to an activating group) is 1. The van der Waals surface area contributed by atoms with Crippen LogP contribution in [0.3, 0.4) is 0 Å². The van der Waals surface area contributed by atoms with Crippen molar-refractivity contribution in [3.05, 3.63) is 29.8 Å². The van der Waals surface area contributed by atoms with Gasteiger partial charge in [-0.05, 0) is 12.1 Å². The maximum Gasteiger partial charge on any atom is 0.184 e. The Morgan fingerprint density at radius 3 is 2.44 bits per heavy atom. The topological polar surface area (TPSA) is 41.9 Å². The van der Waals surface area contributed by atoms with E-state index in [2.05, 4.69) is 0 Å². The number of aliphatic hydroxyl groups is 1. The van der Waals surface area contributed by atoms with Crippen molar-refractivity contribution in [1.29, 1.82) is 0 Å². The summed E-state index contributed by atoms with van der Waals surface area (Å²) < 4.78 is 10.8. The quantitative estimate of drug-likeness (QED) is 0.831. The molecule has 0 atom stereocenters. The van der Waals surface area contributed by atoms with E-state index in [0.29, 0.717) is 19.8 Å². The molecule has 1 N–H and O–H groups in total. The first-order chi connectivity index (χ1) is 7.81. The molecule has 1 heterocycles. The van der Waals surface area contributed by atoms with Crippen LogP contribution < -0.4 is 4.90 Å². The minimum Gasteiger partial charge on any atom is -0.395 e. The number of nitrogens with zero attached hydrogens (tertiary/aromatic N) is 1. The van der Waals surface area contributed by atoms with Crippen LogP contribution in [0, 0.1) is 0 Å². The third-order valence-electron chi connectivity index (χ3n) is 2.66. The van der Waals surface area contributed by atoms with Crippen molar-refractivity contribution in [2.45, 2.75) is 6.29 Å². The van der Waals surface area contributed by atoms with E-state index >= 15 is 0 Å². The van der Waals surface area contributed by atoms with Crippen LogP contribution in [0.15, 0.2) is 24.3 Å². The summed E-state index contributed by atoms with van der Waals surface area (Å²) in [5, 5.41) is 8.84. The van der Waals surface area contributed by atoms with Gasteiger partial charge in [-0.1, -0.05) is 12.1 Å². The third-order valence-corrected chi connectivity index (χ3v) is 2.66. The van der Waals surface area contributed by atoms with Crippen molar-refractivity contribution >= 4 is 5.69 Å². The summed E-state index contributed by atoms with van der Waals surface area (Å²) in [5.74, 6) is 0. The first-order valence-corrected chi connectivity index (χ1v) is 5.46. The lowest BCUT2D eigenvalue weighted by molar-refractivity contribution is -0.0441. The Hall–Kier alpha value is -1.10. The molecule has 1 aliphatic heterocycles. The molecule has 4 nitrogen and oxygen atoms in total. The normalized spacial score (nSPS) is 16.6. The highest BCUT2D eigenvalue weighted by Gasteiger charge is 2.17. The van der Waals surface area contributed by atoms with Gasteiger partial charge in [0.25, 0.3) is 0 Å². The zero-order valence-corrected chi connectivity index (χ0v) is 9.43. The number of rotatable bonds is 4. The fourth-order valence-corrected chi connectivity index (χ4v) is 1.72. The lowest BCUT2D eigenvalue weighted by Crippen LogP contribution is -2.20. The molecule has 88 valence electrons. The highest BCUT2D eigenvalue weighted by molar-refractivity contribution is 5.47. The Balaban J connectivity index is 2.03. The zero-order valence-electron chi connectivity index (χ0n) is 9.43. The van der Waals surface area contributed by atoms with E-state index in [9.17, 15) is 0 Å². The molecule has 0 bridgehead atoms. The van der Waals surface area contributed by atoms with Gasteiger partial charge in [-0.3, -0.25) is 0 Å². The molecule has 4 heteroatoms. The van der Waals surface area contributed by atoms with E-state index in [0.717, 1.165) is 11.3 Å². The van der Waals surface area contributed by atoms with E-state index in [4.69, 9.17) is 14.6 Å². The van der Waals surface area contributed by atoms with Crippen LogP contribution in [0.4, 0.5) is 5.69 Å². The summed E-state index contributed by atoms with van der Waals surface area (Å²) in [6.45, 7) is 2.12. The summed E-state index contributed by atoms with van der Waals surface area (Å²) in [6, 6.07) is 8.02. The van der Waals surface area contributed by atoms with E-state index < -0.39 is 0 Å². The van der Waals surface area contributed by atoms with Gasteiger partial charge in [0.2, 0.25) is 0 Å². The molecule has 0 aromatic heterocycles. The lowest BCUT2D eigenvalue weighted by Gasteiger charge is -2.18. The number of anilines is 1. The lowest BCUT2D eigenvalue weighted by atomic mass is 10.2. The van der Waals surface area contributed by atoms with Gasteiger partial charge in [0.05, 0.1) is 19.8 Å². The molecule has 1 fully saturated rings. The van der Waals surface area contributed by atoms with Gasteiger partial charge in [-0.2, -0.15) is 0 Å². The van der Waals surface area contributed by atoms with Crippen molar-refractivity contribution in [2.75, 3.05) is 38.3 Å². The summed E-state index contributed by atoms with van der Waals surface area (Å²) in [7, 11) is 1.95. The van der Waals surface area contributed by atoms with Crippen LogP contribution in [0.25, 0.3) is 0 Å². The fourth-order valence-electron chi connectivity index (χ4n) is 1.72. The number of hydrogen-bond donors (Lipinski definition) is 1. The average molecular weight is 223 g/mol. The second-order valence-electron chi connectivity index (χ2n) is 3.81. The number of aliphatic hydroxyl groups excluding tert-OH is 1. The van der Waals surface area contributed by atoms with Gasteiger partial charge in [0.1, 0.15) is 0 Å². The van der Waals surface area contributed by atoms with E-state index in [-0.39, 0.29) is 12.9 Å². The molecule has 2 rings (SSSR count). The predicted octanol–water partition coefficient (Wildman–Crippen LogP) is 1.16. The highest BCUT2D eigenvalue weighted by Crippen LogP contribution is 2.25. The molecule has 0 saturated carbocycles. The molecule has 0 radical (unpaired) electrons. The van der Waals surface area contributed by atoms with Gasteiger partial charge in [0.15, 0.2) is 6.29 Å². The van der Waals surface area contributed by atoms with Gasteiger partial charge in [-0.15, -0.1) is 0 Å². The second-order valence-corrected chi connectivity index (χ2v) is 3.81. The second kappa shape index (κ2) is 5.30. The summed E-state index contributed by atoms with van der Waals surface area (Å²) in [5.41, 5.74) is 2.12. The SMILES string of the molecule is CN(CCO)c1ccc(C2OCCO2)cc1. The highest BCUT2D eigenvalue weighted by atomic mass is 16.7. The molecule has 0 unspecified atom stereocenters. The van der Waals surface area contributed by atoms with E-state index in [1.807, 2.05) is 36.2 Å². The molecule has 16 heavy (non-hydrogen) atoms. The van der Waals surface area contributed by atoms with Crippen LogP contribution in [0.2, 0.25) is 0 Å². The Bertz CT molecular complexity index is 320. The van der Waals surface area contributed by atoms with Crippen LogP contribution in [-0.4, -0.2) is 38.5 Å².